The second-order valence-electron chi connectivity index (χ2n) is 7.78. The zero-order valence-corrected chi connectivity index (χ0v) is 14.7. The Balaban J connectivity index is 1.71. The van der Waals surface area contributed by atoms with Crippen LogP contribution in [0.5, 0.6) is 0 Å². The van der Waals surface area contributed by atoms with Crippen LogP contribution in [-0.2, 0) is 14.9 Å². The van der Waals surface area contributed by atoms with E-state index in [-0.39, 0.29) is 22.8 Å². The summed E-state index contributed by atoms with van der Waals surface area (Å²) in [5, 5.41) is 3.24. The molecule has 3 rings (SSSR count). The van der Waals surface area contributed by atoms with Crippen LogP contribution < -0.4 is 11.1 Å². The Bertz CT molecular complexity index is 550. The summed E-state index contributed by atoms with van der Waals surface area (Å²) in [5.41, 5.74) is 7.30. The van der Waals surface area contributed by atoms with E-state index in [2.05, 4.69) is 29.6 Å². The van der Waals surface area contributed by atoms with Gasteiger partial charge in [-0.1, -0.05) is 43.2 Å². The predicted octanol–water partition coefficient (Wildman–Crippen LogP) is 2.76. The summed E-state index contributed by atoms with van der Waals surface area (Å²) in [6.45, 7) is 4.20. The molecule has 4 nitrogen and oxygen atoms in total. The molecule has 2 atom stereocenters. The molecule has 1 aliphatic heterocycles. The van der Waals surface area contributed by atoms with Gasteiger partial charge in [0.25, 0.3) is 0 Å². The smallest absolute Gasteiger partial charge is 0.224 e. The highest BCUT2D eigenvalue weighted by Gasteiger charge is 2.40. The van der Waals surface area contributed by atoms with E-state index in [1.54, 1.807) is 0 Å². The van der Waals surface area contributed by atoms with Gasteiger partial charge in [-0.05, 0) is 38.2 Å². The fourth-order valence-corrected chi connectivity index (χ4v) is 4.29. The average molecular weight is 330 g/mol. The van der Waals surface area contributed by atoms with Gasteiger partial charge in [-0.3, -0.25) is 4.79 Å². The number of ether oxygens (including phenoxy) is 1. The molecule has 2 unspecified atom stereocenters. The molecule has 24 heavy (non-hydrogen) atoms. The maximum absolute atomic E-state index is 12.8. The van der Waals surface area contributed by atoms with Gasteiger partial charge in [-0.15, -0.1) is 0 Å². The summed E-state index contributed by atoms with van der Waals surface area (Å²) in [5.74, 6) is 0.0559. The molecule has 2 aliphatic rings. The van der Waals surface area contributed by atoms with E-state index in [1.807, 2.05) is 13.0 Å². The van der Waals surface area contributed by atoms with Gasteiger partial charge in [-0.2, -0.15) is 0 Å². The zero-order chi connectivity index (χ0) is 17.0. The first kappa shape index (κ1) is 17.4. The van der Waals surface area contributed by atoms with Crippen LogP contribution in [0.3, 0.4) is 0 Å². The highest BCUT2D eigenvalue weighted by molar-refractivity contribution is 5.80. The van der Waals surface area contributed by atoms with E-state index < -0.39 is 0 Å². The van der Waals surface area contributed by atoms with Gasteiger partial charge in [0, 0.05) is 30.7 Å². The first-order valence-electron chi connectivity index (χ1n) is 9.23. The largest absolute Gasteiger partial charge is 0.381 e. The fraction of sp³-hybridized carbons (Fsp3) is 0.650. The number of hydrogen-bond acceptors (Lipinski definition) is 3. The van der Waals surface area contributed by atoms with Crippen LogP contribution in [0.25, 0.3) is 0 Å². The highest BCUT2D eigenvalue weighted by atomic mass is 16.5. The molecule has 1 saturated carbocycles. The predicted molar refractivity (Wildman–Crippen MR) is 95.7 cm³/mol. The molecule has 1 aromatic carbocycles. The lowest BCUT2D eigenvalue weighted by Crippen LogP contribution is -2.54. The number of nitrogens with one attached hydrogen (secondary N) is 1. The van der Waals surface area contributed by atoms with Crippen molar-refractivity contribution in [1.82, 2.24) is 5.32 Å². The molecule has 132 valence electrons. The summed E-state index contributed by atoms with van der Waals surface area (Å²) in [7, 11) is 0. The third-order valence-electron chi connectivity index (χ3n) is 6.01. The molecular formula is C20H30N2O2. The molecule has 1 saturated heterocycles. The van der Waals surface area contributed by atoms with Crippen molar-refractivity contribution >= 4 is 5.91 Å². The third kappa shape index (κ3) is 3.65. The van der Waals surface area contributed by atoms with E-state index in [1.165, 1.54) is 5.56 Å². The maximum atomic E-state index is 12.8. The monoisotopic (exact) mass is 330 g/mol. The van der Waals surface area contributed by atoms with Crippen molar-refractivity contribution in [2.24, 2.45) is 11.7 Å². The number of carbonyl (C=O) groups excluding carboxylic acids is 1. The Kier molecular flexibility index (Phi) is 5.26. The van der Waals surface area contributed by atoms with E-state index >= 15 is 0 Å². The molecule has 1 heterocycles. The molecule has 1 aromatic rings. The van der Waals surface area contributed by atoms with Gasteiger partial charge in [0.1, 0.15) is 0 Å². The minimum Gasteiger partial charge on any atom is -0.381 e. The Hall–Kier alpha value is -1.39. The Labute approximate surface area is 145 Å². The van der Waals surface area contributed by atoms with Crippen molar-refractivity contribution < 1.29 is 9.53 Å². The summed E-state index contributed by atoms with van der Waals surface area (Å²) in [6.07, 6.45) is 5.96. The second kappa shape index (κ2) is 7.24. The van der Waals surface area contributed by atoms with Crippen LogP contribution >= 0.6 is 0 Å². The number of hydrogen-bond donors (Lipinski definition) is 2. The third-order valence-corrected chi connectivity index (χ3v) is 6.01. The molecule has 1 amide bonds. The van der Waals surface area contributed by atoms with E-state index in [4.69, 9.17) is 10.5 Å². The van der Waals surface area contributed by atoms with E-state index in [9.17, 15) is 4.79 Å². The number of rotatable bonds is 4. The van der Waals surface area contributed by atoms with E-state index in [0.717, 1.165) is 51.7 Å². The number of amides is 1. The quantitative estimate of drug-likeness (QED) is 0.892. The maximum Gasteiger partial charge on any atom is 0.224 e. The molecule has 0 aromatic heterocycles. The van der Waals surface area contributed by atoms with Crippen LogP contribution in [0.2, 0.25) is 0 Å². The minimum atomic E-state index is -0.377. The van der Waals surface area contributed by atoms with Gasteiger partial charge < -0.3 is 15.8 Å². The first-order valence-corrected chi connectivity index (χ1v) is 9.23. The van der Waals surface area contributed by atoms with Gasteiger partial charge in [-0.25, -0.2) is 0 Å². The Morgan fingerprint density at radius 3 is 2.58 bits per heavy atom. The fourth-order valence-electron chi connectivity index (χ4n) is 4.29. The van der Waals surface area contributed by atoms with Crippen LogP contribution in [0.1, 0.15) is 51.0 Å². The summed E-state index contributed by atoms with van der Waals surface area (Å²) in [6, 6.07) is 10.5. The minimum absolute atomic E-state index is 0.0190. The number of carbonyl (C=O) groups is 1. The van der Waals surface area contributed by atoms with Gasteiger partial charge >= 0.3 is 0 Å². The van der Waals surface area contributed by atoms with Crippen LogP contribution in [0.4, 0.5) is 0 Å². The Morgan fingerprint density at radius 2 is 1.92 bits per heavy atom. The molecule has 4 heteroatoms. The first-order chi connectivity index (χ1) is 11.5. The second-order valence-corrected chi connectivity index (χ2v) is 7.78. The topological polar surface area (TPSA) is 64.4 Å². The SMILES string of the molecule is CC1(N)CCCCC1C(=O)NCC1(c2ccccc2)CCOCC1. The van der Waals surface area contributed by atoms with E-state index in [0.29, 0.717) is 6.54 Å². The molecule has 0 spiro atoms. The van der Waals surface area contributed by atoms with Gasteiger partial charge in [0.15, 0.2) is 0 Å². The van der Waals surface area contributed by atoms with Gasteiger partial charge in [0.05, 0.1) is 5.92 Å². The summed E-state index contributed by atoms with van der Waals surface area (Å²) in [4.78, 5) is 12.8. The van der Waals surface area contributed by atoms with Crippen molar-refractivity contribution in [3.8, 4) is 0 Å². The summed E-state index contributed by atoms with van der Waals surface area (Å²) >= 11 is 0. The molecule has 0 bridgehead atoms. The zero-order valence-electron chi connectivity index (χ0n) is 14.7. The Morgan fingerprint density at radius 1 is 1.21 bits per heavy atom. The van der Waals surface area contributed by atoms with Crippen molar-refractivity contribution in [3.05, 3.63) is 35.9 Å². The van der Waals surface area contributed by atoms with Crippen LogP contribution in [0, 0.1) is 5.92 Å². The standard InChI is InChI=1S/C20H30N2O2/c1-19(21)10-6-5-9-17(19)18(23)22-15-20(11-13-24-14-12-20)16-7-3-2-4-8-16/h2-4,7-8,17H,5-6,9-15,21H2,1H3,(H,22,23). The lowest BCUT2D eigenvalue weighted by atomic mass is 9.72. The van der Waals surface area contributed by atoms with Crippen LogP contribution in [-0.4, -0.2) is 31.2 Å². The molecule has 2 fully saturated rings. The highest BCUT2D eigenvalue weighted by Crippen LogP contribution is 2.35. The average Bonchev–Trinajstić information content (AvgIpc) is 2.61. The van der Waals surface area contributed by atoms with Crippen molar-refractivity contribution in [2.45, 2.75) is 56.4 Å². The molecular weight excluding hydrogens is 300 g/mol. The lowest BCUT2D eigenvalue weighted by Gasteiger charge is -2.40. The number of benzene rings is 1. The normalized spacial score (nSPS) is 29.8. The number of nitrogens with two attached hydrogens (primary N) is 1. The van der Waals surface area contributed by atoms with Crippen molar-refractivity contribution in [2.75, 3.05) is 19.8 Å². The molecule has 1 aliphatic carbocycles. The van der Waals surface area contributed by atoms with Crippen molar-refractivity contribution in [1.29, 1.82) is 0 Å². The summed E-state index contributed by atoms with van der Waals surface area (Å²) < 4.78 is 5.57. The molecule has 0 radical (unpaired) electrons. The van der Waals surface area contributed by atoms with Crippen molar-refractivity contribution in [3.63, 3.8) is 0 Å². The lowest BCUT2D eigenvalue weighted by molar-refractivity contribution is -0.128. The van der Waals surface area contributed by atoms with Gasteiger partial charge in [0.2, 0.25) is 5.91 Å². The van der Waals surface area contributed by atoms with Crippen LogP contribution in [0.15, 0.2) is 30.3 Å². The molecule has 3 N–H and O–H groups in total.